The largest absolute Gasteiger partial charge is 0.469 e. The molecule has 20 heavy (non-hydrogen) atoms. The zero-order valence-electron chi connectivity index (χ0n) is 11.3. The van der Waals surface area contributed by atoms with Gasteiger partial charge in [-0.2, -0.15) is 13.2 Å². The number of methoxy groups -OCH3 is 1. The van der Waals surface area contributed by atoms with Crippen LogP contribution >= 0.6 is 11.6 Å². The van der Waals surface area contributed by atoms with E-state index in [1.54, 1.807) is 13.8 Å². The summed E-state index contributed by atoms with van der Waals surface area (Å²) in [6, 6.07) is 3.15. The van der Waals surface area contributed by atoms with E-state index in [0.29, 0.717) is 0 Å². The highest BCUT2D eigenvalue weighted by Crippen LogP contribution is 2.33. The van der Waals surface area contributed by atoms with Crippen LogP contribution in [0.25, 0.3) is 0 Å². The molecule has 0 fully saturated rings. The molecular formula is C13H15ClF3NO2. The predicted octanol–water partition coefficient (Wildman–Crippen LogP) is 3.97. The van der Waals surface area contributed by atoms with E-state index in [-0.39, 0.29) is 17.3 Å². The second kappa shape index (κ2) is 5.91. The Balaban J connectivity index is 2.89. The molecular weight excluding hydrogens is 295 g/mol. The molecule has 7 heteroatoms. The third-order valence-corrected chi connectivity index (χ3v) is 2.92. The van der Waals surface area contributed by atoms with Gasteiger partial charge in [0.25, 0.3) is 0 Å². The zero-order valence-corrected chi connectivity index (χ0v) is 12.0. The summed E-state index contributed by atoms with van der Waals surface area (Å²) in [5.74, 6) is -0.455. The smallest absolute Gasteiger partial charge is 0.416 e. The maximum Gasteiger partial charge on any atom is 0.416 e. The van der Waals surface area contributed by atoms with Crippen LogP contribution < -0.4 is 5.32 Å². The first-order chi connectivity index (χ1) is 9.06. The molecule has 0 amide bonds. The third-order valence-electron chi connectivity index (χ3n) is 2.70. The van der Waals surface area contributed by atoms with Crippen LogP contribution in [0.4, 0.5) is 18.9 Å². The maximum atomic E-state index is 12.6. The third kappa shape index (κ3) is 4.30. The van der Waals surface area contributed by atoms with E-state index in [4.69, 9.17) is 11.6 Å². The molecule has 0 bridgehead atoms. The molecule has 0 spiro atoms. The fourth-order valence-corrected chi connectivity index (χ4v) is 1.76. The summed E-state index contributed by atoms with van der Waals surface area (Å²) < 4.78 is 42.6. The molecule has 3 nitrogen and oxygen atoms in total. The summed E-state index contributed by atoms with van der Waals surface area (Å²) in [5, 5.41) is 2.74. The van der Waals surface area contributed by atoms with Gasteiger partial charge in [-0.3, -0.25) is 4.79 Å². The number of halogens is 4. The molecule has 0 radical (unpaired) electrons. The highest BCUT2D eigenvalue weighted by molar-refractivity contribution is 6.30. The summed E-state index contributed by atoms with van der Waals surface area (Å²) in [5.41, 5.74) is -1.51. The van der Waals surface area contributed by atoms with Gasteiger partial charge >= 0.3 is 12.1 Å². The van der Waals surface area contributed by atoms with Crippen molar-refractivity contribution in [3.05, 3.63) is 28.8 Å². The fraction of sp³-hybridized carbons (Fsp3) is 0.462. The van der Waals surface area contributed by atoms with Gasteiger partial charge in [-0.15, -0.1) is 0 Å². The molecule has 0 saturated carbocycles. The Morgan fingerprint density at radius 1 is 1.30 bits per heavy atom. The van der Waals surface area contributed by atoms with Crippen LogP contribution in [0, 0.1) is 5.41 Å². The number of carbonyl (C=O) groups excluding carboxylic acids is 1. The normalized spacial score (nSPS) is 12.2. The molecule has 0 heterocycles. The molecule has 112 valence electrons. The molecule has 1 aromatic rings. The van der Waals surface area contributed by atoms with Crippen LogP contribution in [0.2, 0.25) is 5.02 Å². The molecule has 0 aliphatic carbocycles. The highest BCUT2D eigenvalue weighted by atomic mass is 35.5. The van der Waals surface area contributed by atoms with E-state index in [0.717, 1.165) is 12.1 Å². The first kappa shape index (κ1) is 16.6. The van der Waals surface area contributed by atoms with Gasteiger partial charge < -0.3 is 10.1 Å². The van der Waals surface area contributed by atoms with Crippen LogP contribution in [0.5, 0.6) is 0 Å². The standard InChI is InChI=1S/C13H15ClF3NO2/c1-12(2,11(19)20-3)7-18-10-5-8(13(15,16)17)4-9(14)6-10/h4-6,18H,7H2,1-3H3. The van der Waals surface area contributed by atoms with Crippen molar-refractivity contribution in [3.8, 4) is 0 Å². The summed E-state index contributed by atoms with van der Waals surface area (Å²) in [6.07, 6.45) is -4.47. The molecule has 0 atom stereocenters. The summed E-state index contributed by atoms with van der Waals surface area (Å²) in [6.45, 7) is 3.37. The maximum absolute atomic E-state index is 12.6. The van der Waals surface area contributed by atoms with Crippen molar-refractivity contribution in [3.63, 3.8) is 0 Å². The van der Waals surface area contributed by atoms with Gasteiger partial charge in [0, 0.05) is 17.3 Å². The van der Waals surface area contributed by atoms with Gasteiger partial charge in [-0.05, 0) is 32.0 Å². The van der Waals surface area contributed by atoms with E-state index >= 15 is 0 Å². The second-order valence-corrected chi connectivity index (χ2v) is 5.39. The number of carbonyl (C=O) groups is 1. The minimum atomic E-state index is -4.47. The predicted molar refractivity (Wildman–Crippen MR) is 70.7 cm³/mol. The minimum absolute atomic E-state index is 0.0294. The number of hydrogen-bond donors (Lipinski definition) is 1. The Hall–Kier alpha value is -1.43. The van der Waals surface area contributed by atoms with Gasteiger partial charge in [-0.1, -0.05) is 11.6 Å². The van der Waals surface area contributed by atoms with Gasteiger partial charge in [0.05, 0.1) is 18.1 Å². The van der Waals surface area contributed by atoms with Crippen molar-refractivity contribution < 1.29 is 22.7 Å². The van der Waals surface area contributed by atoms with Crippen LogP contribution in [0.3, 0.4) is 0 Å². The minimum Gasteiger partial charge on any atom is -0.469 e. The number of alkyl halides is 3. The van der Waals surface area contributed by atoms with Crippen molar-refractivity contribution in [1.29, 1.82) is 0 Å². The Kier molecular flexibility index (Phi) is 4.91. The number of hydrogen-bond acceptors (Lipinski definition) is 3. The zero-order chi connectivity index (χ0) is 15.6. The van der Waals surface area contributed by atoms with E-state index in [1.165, 1.54) is 13.2 Å². The van der Waals surface area contributed by atoms with Crippen LogP contribution in [-0.2, 0) is 15.7 Å². The lowest BCUT2D eigenvalue weighted by molar-refractivity contribution is -0.149. The quantitative estimate of drug-likeness (QED) is 0.855. The van der Waals surface area contributed by atoms with E-state index in [1.807, 2.05) is 0 Å². The van der Waals surface area contributed by atoms with Gasteiger partial charge in [-0.25, -0.2) is 0 Å². The molecule has 0 saturated heterocycles. The number of rotatable bonds is 4. The average Bonchev–Trinajstić information content (AvgIpc) is 2.33. The Labute approximate surface area is 120 Å². The van der Waals surface area contributed by atoms with Crippen molar-refractivity contribution in [2.24, 2.45) is 5.41 Å². The molecule has 0 aliphatic rings. The van der Waals surface area contributed by atoms with Gasteiger partial charge in [0.2, 0.25) is 0 Å². The summed E-state index contributed by atoms with van der Waals surface area (Å²) in [4.78, 5) is 11.5. The molecule has 1 N–H and O–H groups in total. The first-order valence-electron chi connectivity index (χ1n) is 5.76. The highest BCUT2D eigenvalue weighted by Gasteiger charge is 2.32. The average molecular weight is 310 g/mol. The number of nitrogens with one attached hydrogen (secondary N) is 1. The van der Waals surface area contributed by atoms with Gasteiger partial charge in [0.15, 0.2) is 0 Å². The van der Waals surface area contributed by atoms with Crippen LogP contribution in [-0.4, -0.2) is 19.6 Å². The molecule has 1 rings (SSSR count). The Morgan fingerprint density at radius 3 is 2.40 bits per heavy atom. The lowest BCUT2D eigenvalue weighted by Crippen LogP contribution is -2.33. The lowest BCUT2D eigenvalue weighted by atomic mass is 9.93. The Morgan fingerprint density at radius 2 is 1.90 bits per heavy atom. The number of ether oxygens (including phenoxy) is 1. The van der Waals surface area contributed by atoms with Crippen LogP contribution in [0.1, 0.15) is 19.4 Å². The number of anilines is 1. The van der Waals surface area contributed by atoms with Crippen LogP contribution in [0.15, 0.2) is 18.2 Å². The SMILES string of the molecule is COC(=O)C(C)(C)CNc1cc(Cl)cc(C(F)(F)F)c1. The lowest BCUT2D eigenvalue weighted by Gasteiger charge is -2.22. The number of esters is 1. The number of benzene rings is 1. The van der Waals surface area contributed by atoms with Crippen molar-refractivity contribution in [2.45, 2.75) is 20.0 Å². The molecule has 0 aliphatic heterocycles. The van der Waals surface area contributed by atoms with Crippen molar-refractivity contribution in [1.82, 2.24) is 0 Å². The Bertz CT molecular complexity index is 501. The first-order valence-corrected chi connectivity index (χ1v) is 6.14. The second-order valence-electron chi connectivity index (χ2n) is 4.96. The monoisotopic (exact) mass is 309 g/mol. The van der Waals surface area contributed by atoms with Crippen molar-refractivity contribution >= 4 is 23.3 Å². The fourth-order valence-electron chi connectivity index (χ4n) is 1.53. The van der Waals surface area contributed by atoms with Gasteiger partial charge in [0.1, 0.15) is 0 Å². The van der Waals surface area contributed by atoms with E-state index in [9.17, 15) is 18.0 Å². The molecule has 0 aromatic heterocycles. The molecule has 1 aromatic carbocycles. The molecule has 0 unspecified atom stereocenters. The topological polar surface area (TPSA) is 38.3 Å². The van der Waals surface area contributed by atoms with E-state index in [2.05, 4.69) is 10.1 Å². The summed E-state index contributed by atoms with van der Waals surface area (Å²) >= 11 is 5.66. The summed E-state index contributed by atoms with van der Waals surface area (Å²) in [7, 11) is 1.26. The van der Waals surface area contributed by atoms with E-state index < -0.39 is 23.1 Å². The van der Waals surface area contributed by atoms with Crippen molar-refractivity contribution in [2.75, 3.05) is 19.0 Å².